The highest BCUT2D eigenvalue weighted by molar-refractivity contribution is 5.28. The van der Waals surface area contributed by atoms with Crippen molar-refractivity contribution < 1.29 is 9.84 Å². The van der Waals surface area contributed by atoms with Crippen LogP contribution in [0.5, 0.6) is 5.75 Å². The van der Waals surface area contributed by atoms with Crippen LogP contribution in [-0.2, 0) is 0 Å². The summed E-state index contributed by atoms with van der Waals surface area (Å²) in [5.74, 6) is 0.857. The van der Waals surface area contributed by atoms with Crippen molar-refractivity contribution in [2.75, 3.05) is 7.11 Å². The van der Waals surface area contributed by atoms with Crippen LogP contribution in [0.3, 0.4) is 0 Å². The molecule has 0 aliphatic rings. The molecule has 2 atom stereocenters. The Balaban J connectivity index is 2.80. The topological polar surface area (TPSA) is 29.5 Å². The summed E-state index contributed by atoms with van der Waals surface area (Å²) < 4.78 is 5.03. The molecule has 2 nitrogen and oxygen atoms in total. The van der Waals surface area contributed by atoms with E-state index in [1.54, 1.807) is 13.2 Å². The van der Waals surface area contributed by atoms with Gasteiger partial charge in [0.2, 0.25) is 0 Å². The van der Waals surface area contributed by atoms with E-state index in [0.717, 1.165) is 11.3 Å². The largest absolute Gasteiger partial charge is 0.497 e. The second kappa shape index (κ2) is 4.82. The van der Waals surface area contributed by atoms with Gasteiger partial charge in [0.25, 0.3) is 0 Å². The van der Waals surface area contributed by atoms with E-state index in [-0.39, 0.29) is 5.92 Å². The lowest BCUT2D eigenvalue weighted by atomic mass is 9.98. The Labute approximate surface area is 84.8 Å². The SMILES string of the molecule is C=CC(C)C(O)c1ccc(OC)cc1. The van der Waals surface area contributed by atoms with Crippen LogP contribution in [0.25, 0.3) is 0 Å². The molecule has 2 heteroatoms. The lowest BCUT2D eigenvalue weighted by molar-refractivity contribution is 0.140. The van der Waals surface area contributed by atoms with Gasteiger partial charge in [-0.3, -0.25) is 0 Å². The van der Waals surface area contributed by atoms with Crippen LogP contribution >= 0.6 is 0 Å². The van der Waals surface area contributed by atoms with E-state index >= 15 is 0 Å². The number of rotatable bonds is 4. The maximum atomic E-state index is 9.84. The molecule has 76 valence electrons. The number of methoxy groups -OCH3 is 1. The predicted molar refractivity (Wildman–Crippen MR) is 57.3 cm³/mol. The van der Waals surface area contributed by atoms with Crippen LogP contribution in [0.1, 0.15) is 18.6 Å². The highest BCUT2D eigenvalue weighted by Crippen LogP contribution is 2.24. The molecule has 0 saturated heterocycles. The van der Waals surface area contributed by atoms with Gasteiger partial charge in [-0.2, -0.15) is 0 Å². The van der Waals surface area contributed by atoms with Gasteiger partial charge in [0, 0.05) is 5.92 Å². The zero-order valence-electron chi connectivity index (χ0n) is 8.60. The van der Waals surface area contributed by atoms with Crippen molar-refractivity contribution in [2.24, 2.45) is 5.92 Å². The Morgan fingerprint density at radius 2 is 1.93 bits per heavy atom. The molecule has 0 amide bonds. The summed E-state index contributed by atoms with van der Waals surface area (Å²) in [7, 11) is 1.62. The second-order valence-electron chi connectivity index (χ2n) is 3.31. The van der Waals surface area contributed by atoms with Crippen molar-refractivity contribution in [1.29, 1.82) is 0 Å². The summed E-state index contributed by atoms with van der Waals surface area (Å²) in [5, 5.41) is 9.84. The van der Waals surface area contributed by atoms with Gasteiger partial charge in [-0.05, 0) is 17.7 Å². The normalized spacial score (nSPS) is 14.5. The summed E-state index contributed by atoms with van der Waals surface area (Å²) in [4.78, 5) is 0. The molecule has 0 spiro atoms. The maximum absolute atomic E-state index is 9.84. The molecule has 0 aliphatic heterocycles. The van der Waals surface area contributed by atoms with Gasteiger partial charge >= 0.3 is 0 Å². The van der Waals surface area contributed by atoms with Gasteiger partial charge in [-0.25, -0.2) is 0 Å². The first-order valence-corrected chi connectivity index (χ1v) is 4.63. The quantitative estimate of drug-likeness (QED) is 0.743. The average molecular weight is 192 g/mol. The summed E-state index contributed by atoms with van der Waals surface area (Å²) >= 11 is 0. The van der Waals surface area contributed by atoms with Crippen molar-refractivity contribution in [2.45, 2.75) is 13.0 Å². The van der Waals surface area contributed by atoms with Gasteiger partial charge in [-0.1, -0.05) is 25.1 Å². The summed E-state index contributed by atoms with van der Waals surface area (Å²) in [6.45, 7) is 5.59. The summed E-state index contributed by atoms with van der Waals surface area (Å²) in [6.07, 6.45) is 1.26. The Kier molecular flexibility index (Phi) is 3.72. The van der Waals surface area contributed by atoms with Crippen LogP contribution in [-0.4, -0.2) is 12.2 Å². The van der Waals surface area contributed by atoms with E-state index in [2.05, 4.69) is 6.58 Å². The van der Waals surface area contributed by atoms with E-state index in [1.807, 2.05) is 31.2 Å². The Morgan fingerprint density at radius 3 is 2.36 bits per heavy atom. The van der Waals surface area contributed by atoms with Crippen LogP contribution in [0.4, 0.5) is 0 Å². The molecule has 0 bridgehead atoms. The highest BCUT2D eigenvalue weighted by atomic mass is 16.5. The van der Waals surface area contributed by atoms with E-state index in [9.17, 15) is 5.11 Å². The third-order valence-electron chi connectivity index (χ3n) is 2.33. The standard InChI is InChI=1S/C12H16O2/c1-4-9(2)12(13)10-5-7-11(14-3)8-6-10/h4-9,12-13H,1H2,2-3H3. The Bertz CT molecular complexity index is 290. The molecule has 0 fully saturated rings. The van der Waals surface area contributed by atoms with Crippen molar-refractivity contribution >= 4 is 0 Å². The molecule has 0 saturated carbocycles. The number of benzene rings is 1. The fraction of sp³-hybridized carbons (Fsp3) is 0.333. The zero-order chi connectivity index (χ0) is 10.6. The third-order valence-corrected chi connectivity index (χ3v) is 2.33. The molecule has 0 radical (unpaired) electrons. The second-order valence-corrected chi connectivity index (χ2v) is 3.31. The van der Waals surface area contributed by atoms with Gasteiger partial charge in [0.05, 0.1) is 13.2 Å². The van der Waals surface area contributed by atoms with Crippen molar-refractivity contribution in [3.05, 3.63) is 42.5 Å². The molecular weight excluding hydrogens is 176 g/mol. The van der Waals surface area contributed by atoms with Crippen LogP contribution in [0.2, 0.25) is 0 Å². The van der Waals surface area contributed by atoms with Crippen molar-refractivity contribution in [3.8, 4) is 5.75 Å². The summed E-state index contributed by atoms with van der Waals surface area (Å²) in [6, 6.07) is 7.41. The minimum Gasteiger partial charge on any atom is -0.497 e. The third kappa shape index (κ3) is 2.36. The van der Waals surface area contributed by atoms with Gasteiger partial charge in [0.1, 0.15) is 5.75 Å². The molecule has 0 heterocycles. The molecular formula is C12H16O2. The molecule has 0 aliphatic carbocycles. The first kappa shape index (κ1) is 10.8. The molecule has 2 unspecified atom stereocenters. The summed E-state index contributed by atoms with van der Waals surface area (Å²) in [5.41, 5.74) is 0.887. The Hall–Kier alpha value is -1.28. The van der Waals surface area contributed by atoms with Crippen molar-refractivity contribution in [1.82, 2.24) is 0 Å². The lowest BCUT2D eigenvalue weighted by Gasteiger charge is -2.15. The van der Waals surface area contributed by atoms with Crippen LogP contribution in [0.15, 0.2) is 36.9 Å². The Morgan fingerprint density at radius 1 is 1.36 bits per heavy atom. The van der Waals surface area contributed by atoms with Crippen LogP contribution < -0.4 is 4.74 Å². The fourth-order valence-electron chi connectivity index (χ4n) is 1.23. The molecule has 1 N–H and O–H groups in total. The predicted octanol–water partition coefficient (Wildman–Crippen LogP) is 2.55. The molecule has 1 aromatic carbocycles. The van der Waals surface area contributed by atoms with Gasteiger partial charge in [-0.15, -0.1) is 6.58 Å². The number of hydrogen-bond donors (Lipinski definition) is 1. The molecule has 0 aromatic heterocycles. The smallest absolute Gasteiger partial charge is 0.118 e. The number of ether oxygens (including phenoxy) is 1. The lowest BCUT2D eigenvalue weighted by Crippen LogP contribution is -2.06. The average Bonchev–Trinajstić information content (AvgIpc) is 2.27. The van der Waals surface area contributed by atoms with E-state index in [4.69, 9.17) is 4.74 Å². The molecule has 14 heavy (non-hydrogen) atoms. The highest BCUT2D eigenvalue weighted by Gasteiger charge is 2.12. The van der Waals surface area contributed by atoms with E-state index < -0.39 is 6.10 Å². The first-order valence-electron chi connectivity index (χ1n) is 4.63. The van der Waals surface area contributed by atoms with E-state index in [0.29, 0.717) is 0 Å². The van der Waals surface area contributed by atoms with Gasteiger partial charge in [0.15, 0.2) is 0 Å². The van der Waals surface area contributed by atoms with E-state index in [1.165, 1.54) is 0 Å². The first-order chi connectivity index (χ1) is 6.69. The molecule has 1 aromatic rings. The molecule has 1 rings (SSSR count). The van der Waals surface area contributed by atoms with Crippen LogP contribution in [0, 0.1) is 5.92 Å². The minimum absolute atomic E-state index is 0.0587. The number of aliphatic hydroxyl groups excluding tert-OH is 1. The fourth-order valence-corrected chi connectivity index (χ4v) is 1.23. The zero-order valence-corrected chi connectivity index (χ0v) is 8.60. The number of hydrogen-bond acceptors (Lipinski definition) is 2. The van der Waals surface area contributed by atoms with Gasteiger partial charge < -0.3 is 9.84 Å². The maximum Gasteiger partial charge on any atom is 0.118 e. The monoisotopic (exact) mass is 192 g/mol. The van der Waals surface area contributed by atoms with Crippen molar-refractivity contribution in [3.63, 3.8) is 0 Å². The minimum atomic E-state index is -0.488. The number of aliphatic hydroxyl groups is 1.